The number of aryl methyl sites for hydroxylation is 3. The van der Waals surface area contributed by atoms with Crippen molar-refractivity contribution in [3.05, 3.63) is 16.8 Å². The molecule has 0 spiro atoms. The topological polar surface area (TPSA) is 86.6 Å². The summed E-state index contributed by atoms with van der Waals surface area (Å²) in [7, 11) is 3.43. The lowest BCUT2D eigenvalue weighted by molar-refractivity contribution is -0.149. The van der Waals surface area contributed by atoms with Crippen LogP contribution < -0.4 is 4.74 Å². The van der Waals surface area contributed by atoms with E-state index in [0.29, 0.717) is 37.8 Å². The number of carbonyl (C=O) groups is 2. The molecule has 1 aliphatic rings. The van der Waals surface area contributed by atoms with Gasteiger partial charge in [-0.3, -0.25) is 9.59 Å². The van der Waals surface area contributed by atoms with Crippen molar-refractivity contribution in [2.75, 3.05) is 26.8 Å². The second kappa shape index (κ2) is 8.80. The molecule has 0 aromatic carbocycles. The zero-order valence-corrected chi connectivity index (χ0v) is 17.9. The van der Waals surface area contributed by atoms with E-state index in [-0.39, 0.29) is 18.4 Å². The van der Waals surface area contributed by atoms with Crippen LogP contribution in [0.4, 0.5) is 0 Å². The van der Waals surface area contributed by atoms with Crippen molar-refractivity contribution in [3.8, 4) is 5.88 Å². The molecule has 0 bridgehead atoms. The number of fused-ring (bicyclic) bond motifs is 1. The van der Waals surface area contributed by atoms with Gasteiger partial charge in [0.2, 0.25) is 11.8 Å². The van der Waals surface area contributed by atoms with Gasteiger partial charge >= 0.3 is 5.97 Å². The summed E-state index contributed by atoms with van der Waals surface area (Å²) < 4.78 is 12.2. The van der Waals surface area contributed by atoms with Crippen LogP contribution in [-0.4, -0.2) is 58.3 Å². The Labute approximate surface area is 171 Å². The summed E-state index contributed by atoms with van der Waals surface area (Å²) in [5.74, 6) is 0.673. The normalized spacial score (nSPS) is 13.6. The Bertz CT molecular complexity index is 917. The number of ether oxygens (including phenoxy) is 2. The molecule has 0 radical (unpaired) electrons. The van der Waals surface area contributed by atoms with Crippen molar-refractivity contribution in [2.24, 2.45) is 13.0 Å². The minimum atomic E-state index is -0.350. The molecule has 0 saturated heterocycles. The SMILES string of the molecule is CCOC(=O)CN(CC1CC1)C(=O)CCc1c(C)nc2c(c(OC)nn2C)c1C. The molecule has 2 heterocycles. The first kappa shape index (κ1) is 21.1. The van der Waals surface area contributed by atoms with Gasteiger partial charge in [-0.2, -0.15) is 0 Å². The highest BCUT2D eigenvalue weighted by Gasteiger charge is 2.28. The minimum absolute atomic E-state index is 0.0227. The lowest BCUT2D eigenvalue weighted by Crippen LogP contribution is -2.38. The number of rotatable bonds is 9. The van der Waals surface area contributed by atoms with E-state index >= 15 is 0 Å². The molecule has 158 valence electrons. The molecule has 1 saturated carbocycles. The monoisotopic (exact) mass is 402 g/mol. The number of aromatic nitrogens is 3. The van der Waals surface area contributed by atoms with E-state index in [1.807, 2.05) is 20.9 Å². The predicted molar refractivity (Wildman–Crippen MR) is 109 cm³/mol. The number of esters is 1. The van der Waals surface area contributed by atoms with E-state index in [9.17, 15) is 9.59 Å². The fraction of sp³-hybridized carbons (Fsp3) is 0.619. The Morgan fingerprint density at radius 2 is 2.00 bits per heavy atom. The maximum Gasteiger partial charge on any atom is 0.325 e. The first-order chi connectivity index (χ1) is 13.8. The maximum absolute atomic E-state index is 12.9. The lowest BCUT2D eigenvalue weighted by atomic mass is 10.00. The van der Waals surface area contributed by atoms with E-state index in [1.54, 1.807) is 23.6 Å². The van der Waals surface area contributed by atoms with Gasteiger partial charge in [-0.25, -0.2) is 9.67 Å². The molecular formula is C21H30N4O4. The maximum atomic E-state index is 12.9. The van der Waals surface area contributed by atoms with Crippen LogP contribution in [0.2, 0.25) is 0 Å². The van der Waals surface area contributed by atoms with Crippen LogP contribution in [0.25, 0.3) is 11.0 Å². The summed E-state index contributed by atoms with van der Waals surface area (Å²) in [6.45, 7) is 6.71. The van der Waals surface area contributed by atoms with E-state index in [1.165, 1.54) is 0 Å². The van der Waals surface area contributed by atoms with Gasteiger partial charge in [0.05, 0.1) is 19.1 Å². The van der Waals surface area contributed by atoms with Crippen LogP contribution in [0.5, 0.6) is 5.88 Å². The molecule has 1 aliphatic carbocycles. The molecule has 1 fully saturated rings. The molecule has 0 atom stereocenters. The number of hydrogen-bond donors (Lipinski definition) is 0. The highest BCUT2D eigenvalue weighted by Crippen LogP contribution is 2.31. The van der Waals surface area contributed by atoms with Crippen LogP contribution in [0, 0.1) is 19.8 Å². The standard InChI is InChI=1S/C21H30N4O4/c1-6-29-18(27)12-25(11-15-7-8-15)17(26)10-9-16-13(2)19-20(22-14(16)3)24(4)23-21(19)28-5/h15H,6-12H2,1-5H3. The van der Waals surface area contributed by atoms with Crippen molar-refractivity contribution >= 4 is 22.9 Å². The van der Waals surface area contributed by atoms with Gasteiger partial charge in [-0.15, -0.1) is 5.10 Å². The second-order valence-electron chi connectivity index (χ2n) is 7.65. The van der Waals surface area contributed by atoms with Gasteiger partial charge in [0.1, 0.15) is 6.54 Å². The second-order valence-corrected chi connectivity index (χ2v) is 7.65. The van der Waals surface area contributed by atoms with Gasteiger partial charge in [0.15, 0.2) is 5.65 Å². The molecule has 3 rings (SSSR count). The third kappa shape index (κ3) is 4.68. The van der Waals surface area contributed by atoms with Gasteiger partial charge in [0.25, 0.3) is 0 Å². The van der Waals surface area contributed by atoms with Crippen LogP contribution in [0.15, 0.2) is 0 Å². The lowest BCUT2D eigenvalue weighted by Gasteiger charge is -2.22. The van der Waals surface area contributed by atoms with Crippen molar-refractivity contribution < 1.29 is 19.1 Å². The number of methoxy groups -OCH3 is 1. The number of amides is 1. The summed E-state index contributed by atoms with van der Waals surface area (Å²) in [6, 6.07) is 0. The Kier molecular flexibility index (Phi) is 6.39. The summed E-state index contributed by atoms with van der Waals surface area (Å²) in [4.78, 5) is 31.1. The van der Waals surface area contributed by atoms with Crippen LogP contribution in [-0.2, 0) is 27.8 Å². The van der Waals surface area contributed by atoms with Gasteiger partial charge in [-0.05, 0) is 57.1 Å². The molecule has 0 N–H and O–H groups in total. The van der Waals surface area contributed by atoms with Crippen molar-refractivity contribution in [2.45, 2.75) is 46.5 Å². The first-order valence-electron chi connectivity index (χ1n) is 10.2. The van der Waals surface area contributed by atoms with Gasteiger partial charge in [-0.1, -0.05) is 0 Å². The zero-order valence-electron chi connectivity index (χ0n) is 17.9. The smallest absolute Gasteiger partial charge is 0.325 e. The van der Waals surface area contributed by atoms with Gasteiger partial charge < -0.3 is 14.4 Å². The molecule has 8 nitrogen and oxygen atoms in total. The van der Waals surface area contributed by atoms with Crippen molar-refractivity contribution in [3.63, 3.8) is 0 Å². The van der Waals surface area contributed by atoms with Gasteiger partial charge in [0, 0.05) is 25.7 Å². The molecule has 2 aromatic heterocycles. The number of nitrogens with zero attached hydrogens (tertiary/aromatic N) is 4. The van der Waals surface area contributed by atoms with Crippen molar-refractivity contribution in [1.82, 2.24) is 19.7 Å². The molecule has 1 amide bonds. The third-order valence-electron chi connectivity index (χ3n) is 5.46. The van der Waals surface area contributed by atoms with Crippen LogP contribution >= 0.6 is 0 Å². The molecule has 8 heteroatoms. The zero-order chi connectivity index (χ0) is 21.1. The molecule has 0 aliphatic heterocycles. The minimum Gasteiger partial charge on any atom is -0.479 e. The summed E-state index contributed by atoms with van der Waals surface area (Å²) in [6.07, 6.45) is 3.11. The first-order valence-corrected chi connectivity index (χ1v) is 10.2. The Hall–Kier alpha value is -2.64. The average Bonchev–Trinajstić information content (AvgIpc) is 3.43. The Morgan fingerprint density at radius 1 is 1.28 bits per heavy atom. The van der Waals surface area contributed by atoms with Crippen LogP contribution in [0.3, 0.4) is 0 Å². The quantitative estimate of drug-likeness (QED) is 0.599. The number of carbonyl (C=O) groups excluding carboxylic acids is 2. The summed E-state index contributed by atoms with van der Waals surface area (Å²) in [5.41, 5.74) is 3.71. The fourth-order valence-electron chi connectivity index (χ4n) is 3.73. The van der Waals surface area contributed by atoms with Crippen molar-refractivity contribution in [1.29, 1.82) is 0 Å². The Morgan fingerprint density at radius 3 is 2.62 bits per heavy atom. The number of hydrogen-bond acceptors (Lipinski definition) is 6. The predicted octanol–water partition coefficient (Wildman–Crippen LogP) is 2.33. The van der Waals surface area contributed by atoms with E-state index in [0.717, 1.165) is 40.7 Å². The summed E-state index contributed by atoms with van der Waals surface area (Å²) in [5, 5.41) is 5.25. The highest BCUT2D eigenvalue weighted by molar-refractivity contribution is 5.87. The largest absolute Gasteiger partial charge is 0.479 e. The average molecular weight is 402 g/mol. The third-order valence-corrected chi connectivity index (χ3v) is 5.46. The molecule has 2 aromatic rings. The Balaban J connectivity index is 1.77. The number of pyridine rings is 1. The summed E-state index contributed by atoms with van der Waals surface area (Å²) >= 11 is 0. The van der Waals surface area contributed by atoms with E-state index in [4.69, 9.17) is 9.47 Å². The van der Waals surface area contributed by atoms with E-state index < -0.39 is 0 Å². The molecule has 0 unspecified atom stereocenters. The van der Waals surface area contributed by atoms with Crippen LogP contribution in [0.1, 0.15) is 43.0 Å². The molecular weight excluding hydrogens is 372 g/mol. The highest BCUT2D eigenvalue weighted by atomic mass is 16.5. The van der Waals surface area contributed by atoms with E-state index in [2.05, 4.69) is 10.1 Å². The molecule has 29 heavy (non-hydrogen) atoms. The fourth-order valence-corrected chi connectivity index (χ4v) is 3.73.